The molecule has 1 aromatic rings. The van der Waals surface area contributed by atoms with Crippen LogP contribution in [-0.2, 0) is 0 Å². The van der Waals surface area contributed by atoms with Crippen LogP contribution in [0.15, 0.2) is 12.1 Å². The van der Waals surface area contributed by atoms with Gasteiger partial charge >= 0.3 is 0 Å². The summed E-state index contributed by atoms with van der Waals surface area (Å²) in [5.74, 6) is -0.320. The molecule has 0 aliphatic carbocycles. The molecule has 0 aliphatic heterocycles. The second kappa shape index (κ2) is 2.46. The standard InChI is InChI=1S/C7H7ClFN/c1-4-5(9)2-3-6(10)7(4)8/h2-3H,10H2,1H3. The average molecular weight is 160 g/mol. The molecule has 1 rings (SSSR count). The van der Waals surface area contributed by atoms with Gasteiger partial charge in [-0.15, -0.1) is 0 Å². The maximum Gasteiger partial charge on any atom is 0.127 e. The van der Waals surface area contributed by atoms with Gasteiger partial charge < -0.3 is 5.73 Å². The minimum atomic E-state index is -0.320. The molecule has 0 bridgehead atoms. The molecule has 0 radical (unpaired) electrons. The lowest BCUT2D eigenvalue weighted by Crippen LogP contribution is -1.90. The quantitative estimate of drug-likeness (QED) is 0.578. The van der Waals surface area contributed by atoms with Crippen LogP contribution in [0.1, 0.15) is 5.56 Å². The van der Waals surface area contributed by atoms with E-state index in [1.54, 1.807) is 6.92 Å². The molecule has 0 unspecified atom stereocenters. The third kappa shape index (κ3) is 1.07. The highest BCUT2D eigenvalue weighted by molar-refractivity contribution is 6.33. The summed E-state index contributed by atoms with van der Waals surface area (Å²) < 4.78 is 12.6. The van der Waals surface area contributed by atoms with E-state index in [4.69, 9.17) is 17.3 Å². The van der Waals surface area contributed by atoms with Crippen molar-refractivity contribution in [3.8, 4) is 0 Å². The Hall–Kier alpha value is -0.760. The summed E-state index contributed by atoms with van der Waals surface area (Å²) in [5, 5.41) is 0.306. The summed E-state index contributed by atoms with van der Waals surface area (Å²) in [7, 11) is 0. The van der Waals surface area contributed by atoms with Crippen LogP contribution in [0.4, 0.5) is 10.1 Å². The molecule has 2 N–H and O–H groups in total. The lowest BCUT2D eigenvalue weighted by Gasteiger charge is -2.01. The van der Waals surface area contributed by atoms with E-state index in [-0.39, 0.29) is 5.82 Å². The highest BCUT2D eigenvalue weighted by atomic mass is 35.5. The summed E-state index contributed by atoms with van der Waals surface area (Å²) >= 11 is 5.62. The normalized spacial score (nSPS) is 9.90. The van der Waals surface area contributed by atoms with Crippen molar-refractivity contribution in [2.75, 3.05) is 5.73 Å². The molecular formula is C7H7ClFN. The third-order valence-corrected chi connectivity index (χ3v) is 1.85. The van der Waals surface area contributed by atoms with Crippen molar-refractivity contribution in [3.63, 3.8) is 0 Å². The number of nitrogen functional groups attached to an aromatic ring is 1. The van der Waals surface area contributed by atoms with E-state index in [1.807, 2.05) is 0 Å². The van der Waals surface area contributed by atoms with Gasteiger partial charge in [0, 0.05) is 5.56 Å². The maximum absolute atomic E-state index is 12.6. The van der Waals surface area contributed by atoms with Gasteiger partial charge in [-0.05, 0) is 19.1 Å². The van der Waals surface area contributed by atoms with E-state index in [0.29, 0.717) is 16.3 Å². The Balaban J connectivity index is 3.34. The molecule has 0 heterocycles. The predicted molar refractivity (Wildman–Crippen MR) is 40.6 cm³/mol. The summed E-state index contributed by atoms with van der Waals surface area (Å²) in [6.45, 7) is 1.59. The van der Waals surface area contributed by atoms with Gasteiger partial charge in [0.05, 0.1) is 10.7 Å². The number of hydrogen-bond acceptors (Lipinski definition) is 1. The molecule has 54 valence electrons. The molecule has 0 fully saturated rings. The third-order valence-electron chi connectivity index (χ3n) is 1.35. The van der Waals surface area contributed by atoms with E-state index < -0.39 is 0 Å². The zero-order valence-corrected chi connectivity index (χ0v) is 6.24. The van der Waals surface area contributed by atoms with Crippen LogP contribution in [-0.4, -0.2) is 0 Å². The SMILES string of the molecule is Cc1c(F)ccc(N)c1Cl. The van der Waals surface area contributed by atoms with Gasteiger partial charge in [0.15, 0.2) is 0 Å². The lowest BCUT2D eigenvalue weighted by molar-refractivity contribution is 0.619. The van der Waals surface area contributed by atoms with Crippen molar-refractivity contribution in [2.45, 2.75) is 6.92 Å². The van der Waals surface area contributed by atoms with E-state index >= 15 is 0 Å². The van der Waals surface area contributed by atoms with Gasteiger partial charge in [-0.2, -0.15) is 0 Å². The molecule has 3 heteroatoms. The van der Waals surface area contributed by atoms with Crippen LogP contribution < -0.4 is 5.73 Å². The van der Waals surface area contributed by atoms with Crippen molar-refractivity contribution in [2.24, 2.45) is 0 Å². The topological polar surface area (TPSA) is 26.0 Å². The maximum atomic E-state index is 12.6. The number of hydrogen-bond donors (Lipinski definition) is 1. The van der Waals surface area contributed by atoms with E-state index in [9.17, 15) is 4.39 Å². The van der Waals surface area contributed by atoms with Crippen molar-refractivity contribution < 1.29 is 4.39 Å². The number of rotatable bonds is 0. The van der Waals surface area contributed by atoms with Crippen molar-refractivity contribution in [3.05, 3.63) is 28.5 Å². The fourth-order valence-corrected chi connectivity index (χ4v) is 0.836. The van der Waals surface area contributed by atoms with Crippen LogP contribution in [0.25, 0.3) is 0 Å². The first kappa shape index (κ1) is 7.35. The van der Waals surface area contributed by atoms with Crippen molar-refractivity contribution >= 4 is 17.3 Å². The average Bonchev–Trinajstić information content (AvgIpc) is 1.93. The molecule has 0 atom stereocenters. The van der Waals surface area contributed by atoms with Gasteiger partial charge in [0.25, 0.3) is 0 Å². The Bertz CT molecular complexity index is 233. The molecule has 0 aliphatic rings. The Morgan fingerprint density at radius 3 is 2.60 bits per heavy atom. The number of nitrogens with two attached hydrogens (primary N) is 1. The van der Waals surface area contributed by atoms with E-state index in [1.165, 1.54) is 12.1 Å². The number of benzene rings is 1. The van der Waals surface area contributed by atoms with Crippen LogP contribution in [0.5, 0.6) is 0 Å². The number of anilines is 1. The first-order valence-electron chi connectivity index (χ1n) is 2.83. The highest BCUT2D eigenvalue weighted by Crippen LogP contribution is 2.24. The molecule has 0 saturated carbocycles. The minimum Gasteiger partial charge on any atom is -0.398 e. The van der Waals surface area contributed by atoms with Crippen LogP contribution >= 0.6 is 11.6 Å². The Morgan fingerprint density at radius 2 is 2.10 bits per heavy atom. The Kier molecular flexibility index (Phi) is 1.81. The Labute approximate surface area is 63.6 Å². The van der Waals surface area contributed by atoms with Crippen molar-refractivity contribution in [1.29, 1.82) is 0 Å². The molecule has 1 nitrogen and oxygen atoms in total. The molecule has 0 saturated heterocycles. The van der Waals surface area contributed by atoms with Gasteiger partial charge in [-0.1, -0.05) is 11.6 Å². The first-order chi connectivity index (χ1) is 4.63. The number of halogens is 2. The van der Waals surface area contributed by atoms with Gasteiger partial charge in [0.2, 0.25) is 0 Å². The summed E-state index contributed by atoms with van der Waals surface area (Å²) in [6.07, 6.45) is 0. The Morgan fingerprint density at radius 1 is 1.50 bits per heavy atom. The van der Waals surface area contributed by atoms with Crippen LogP contribution in [0.3, 0.4) is 0 Å². The predicted octanol–water partition coefficient (Wildman–Crippen LogP) is 2.37. The van der Waals surface area contributed by atoms with Gasteiger partial charge in [-0.3, -0.25) is 0 Å². The molecular weight excluding hydrogens is 153 g/mol. The summed E-state index contributed by atoms with van der Waals surface area (Å²) in [4.78, 5) is 0. The second-order valence-electron chi connectivity index (χ2n) is 2.08. The van der Waals surface area contributed by atoms with Gasteiger partial charge in [0.1, 0.15) is 5.82 Å². The fraction of sp³-hybridized carbons (Fsp3) is 0.143. The van der Waals surface area contributed by atoms with Crippen LogP contribution in [0.2, 0.25) is 5.02 Å². The first-order valence-corrected chi connectivity index (χ1v) is 3.21. The fourth-order valence-electron chi connectivity index (χ4n) is 0.682. The van der Waals surface area contributed by atoms with Crippen molar-refractivity contribution in [1.82, 2.24) is 0 Å². The molecule has 0 amide bonds. The smallest absolute Gasteiger partial charge is 0.127 e. The molecule has 0 aromatic heterocycles. The monoisotopic (exact) mass is 159 g/mol. The zero-order chi connectivity index (χ0) is 7.72. The largest absolute Gasteiger partial charge is 0.398 e. The zero-order valence-electron chi connectivity index (χ0n) is 5.49. The minimum absolute atomic E-state index is 0.306. The summed E-state index contributed by atoms with van der Waals surface area (Å²) in [5.41, 5.74) is 6.21. The molecule has 1 aromatic carbocycles. The second-order valence-corrected chi connectivity index (χ2v) is 2.45. The lowest BCUT2D eigenvalue weighted by atomic mass is 10.2. The molecule has 10 heavy (non-hydrogen) atoms. The van der Waals surface area contributed by atoms with E-state index in [2.05, 4.69) is 0 Å². The highest BCUT2D eigenvalue weighted by Gasteiger charge is 2.03. The molecule has 0 spiro atoms. The van der Waals surface area contributed by atoms with E-state index in [0.717, 1.165) is 0 Å². The summed E-state index contributed by atoms with van der Waals surface area (Å²) in [6, 6.07) is 2.75. The van der Waals surface area contributed by atoms with Gasteiger partial charge in [-0.25, -0.2) is 4.39 Å². The van der Waals surface area contributed by atoms with Crippen LogP contribution in [0, 0.1) is 12.7 Å².